The van der Waals surface area contributed by atoms with Gasteiger partial charge >= 0.3 is 12.1 Å². The number of amides is 2. The van der Waals surface area contributed by atoms with Gasteiger partial charge in [0.2, 0.25) is 5.91 Å². The van der Waals surface area contributed by atoms with Crippen molar-refractivity contribution >= 4 is 18.0 Å². The molecule has 2 aliphatic rings. The summed E-state index contributed by atoms with van der Waals surface area (Å²) in [4.78, 5) is 37.6. The number of carboxylic acids is 1. The van der Waals surface area contributed by atoms with Gasteiger partial charge in [0.25, 0.3) is 0 Å². The molecule has 8 heteroatoms. The van der Waals surface area contributed by atoms with Crippen LogP contribution in [0.1, 0.15) is 42.7 Å². The van der Waals surface area contributed by atoms with Crippen LogP contribution in [0.3, 0.4) is 0 Å². The minimum atomic E-state index is -1.05. The molecule has 1 saturated carbocycles. The molecule has 0 bridgehead atoms. The summed E-state index contributed by atoms with van der Waals surface area (Å²) in [5.41, 5.74) is 4.70. The van der Waals surface area contributed by atoms with Gasteiger partial charge in [-0.1, -0.05) is 48.5 Å². The molecule has 0 spiro atoms. The molecular formula is C27H32N2O6. The number of fused-ring (bicyclic) bond motifs is 3. The first-order valence-electron chi connectivity index (χ1n) is 12.1. The van der Waals surface area contributed by atoms with Crippen LogP contribution in [0.15, 0.2) is 48.5 Å². The van der Waals surface area contributed by atoms with Gasteiger partial charge < -0.3 is 24.8 Å². The number of nitrogens with zero attached hydrogens (tertiary/aromatic N) is 1. The van der Waals surface area contributed by atoms with Crippen molar-refractivity contribution in [2.45, 2.75) is 37.6 Å². The van der Waals surface area contributed by atoms with Gasteiger partial charge in [0.1, 0.15) is 13.2 Å². The van der Waals surface area contributed by atoms with Crippen molar-refractivity contribution in [2.24, 2.45) is 5.92 Å². The Kier molecular flexibility index (Phi) is 8.02. The fourth-order valence-corrected chi connectivity index (χ4v) is 5.23. The standard InChI is InChI=1S/C27H32N2O6/c1-34-13-12-29(16-26(31)32)25(30)15-18-10-11-19(14-18)28-27(33)35-17-24-22-8-4-2-6-20(22)21-7-3-5-9-23(21)24/h2-9,18-19,24H,10-17H2,1H3,(H,28,33)(H,31,32). The Balaban J connectivity index is 1.26. The highest BCUT2D eigenvalue weighted by atomic mass is 16.5. The largest absolute Gasteiger partial charge is 0.480 e. The molecule has 0 aliphatic heterocycles. The highest BCUT2D eigenvalue weighted by Crippen LogP contribution is 2.44. The lowest BCUT2D eigenvalue weighted by Gasteiger charge is -2.22. The Hall–Kier alpha value is -3.39. The summed E-state index contributed by atoms with van der Waals surface area (Å²) >= 11 is 0. The number of rotatable bonds is 10. The average molecular weight is 481 g/mol. The monoisotopic (exact) mass is 480 g/mol. The molecule has 1 fully saturated rings. The fraction of sp³-hybridized carbons (Fsp3) is 0.444. The van der Waals surface area contributed by atoms with Crippen molar-refractivity contribution in [2.75, 3.05) is 33.4 Å². The van der Waals surface area contributed by atoms with Gasteiger partial charge in [-0.2, -0.15) is 0 Å². The van der Waals surface area contributed by atoms with E-state index in [0.717, 1.165) is 12.8 Å². The second-order valence-corrected chi connectivity index (χ2v) is 9.25. The summed E-state index contributed by atoms with van der Waals surface area (Å²) in [5.74, 6) is -1.14. The van der Waals surface area contributed by atoms with Crippen LogP contribution in [0.5, 0.6) is 0 Å². The molecule has 8 nitrogen and oxygen atoms in total. The van der Waals surface area contributed by atoms with Crippen molar-refractivity contribution in [1.82, 2.24) is 10.2 Å². The van der Waals surface area contributed by atoms with Crippen molar-refractivity contribution in [3.8, 4) is 11.1 Å². The molecule has 2 atom stereocenters. The average Bonchev–Trinajstić information content (AvgIpc) is 3.41. The molecule has 0 aromatic heterocycles. The summed E-state index contributed by atoms with van der Waals surface area (Å²) in [6.45, 7) is 0.458. The van der Waals surface area contributed by atoms with E-state index >= 15 is 0 Å². The summed E-state index contributed by atoms with van der Waals surface area (Å²) in [7, 11) is 1.51. The molecule has 4 rings (SSSR count). The molecule has 35 heavy (non-hydrogen) atoms. The van der Waals surface area contributed by atoms with Gasteiger partial charge in [-0.15, -0.1) is 0 Å². The van der Waals surface area contributed by atoms with E-state index in [4.69, 9.17) is 14.6 Å². The Morgan fingerprint density at radius 3 is 2.31 bits per heavy atom. The summed E-state index contributed by atoms with van der Waals surface area (Å²) in [5, 5.41) is 12.0. The van der Waals surface area contributed by atoms with E-state index in [1.807, 2.05) is 24.3 Å². The smallest absolute Gasteiger partial charge is 0.407 e. The van der Waals surface area contributed by atoms with Gasteiger partial charge in [-0.3, -0.25) is 9.59 Å². The molecule has 0 radical (unpaired) electrons. The van der Waals surface area contributed by atoms with Crippen molar-refractivity contribution < 1.29 is 29.0 Å². The van der Waals surface area contributed by atoms with E-state index in [0.29, 0.717) is 6.42 Å². The van der Waals surface area contributed by atoms with E-state index in [2.05, 4.69) is 29.6 Å². The number of carbonyl (C=O) groups is 3. The third-order valence-electron chi connectivity index (χ3n) is 6.91. The lowest BCUT2D eigenvalue weighted by atomic mass is 9.98. The second kappa shape index (κ2) is 11.4. The van der Waals surface area contributed by atoms with Gasteiger partial charge in [0.15, 0.2) is 0 Å². The number of ether oxygens (including phenoxy) is 2. The third-order valence-corrected chi connectivity index (χ3v) is 6.91. The first-order valence-corrected chi connectivity index (χ1v) is 12.1. The predicted molar refractivity (Wildman–Crippen MR) is 130 cm³/mol. The maximum absolute atomic E-state index is 12.6. The zero-order chi connectivity index (χ0) is 24.8. The molecular weight excluding hydrogens is 448 g/mol. The molecule has 2 aromatic rings. The van der Waals surface area contributed by atoms with E-state index in [-0.39, 0.29) is 56.5 Å². The summed E-state index contributed by atoms with van der Waals surface area (Å²) < 4.78 is 10.6. The number of hydrogen-bond donors (Lipinski definition) is 2. The Morgan fingerprint density at radius 1 is 1.03 bits per heavy atom. The van der Waals surface area contributed by atoms with E-state index < -0.39 is 12.1 Å². The molecule has 0 saturated heterocycles. The Bertz CT molecular complexity index is 1030. The minimum Gasteiger partial charge on any atom is -0.480 e. The minimum absolute atomic E-state index is 0.00872. The quantitative estimate of drug-likeness (QED) is 0.538. The van der Waals surface area contributed by atoms with Crippen LogP contribution >= 0.6 is 0 Å². The zero-order valence-electron chi connectivity index (χ0n) is 19.9. The molecule has 2 N–H and O–H groups in total. The Morgan fingerprint density at radius 2 is 1.69 bits per heavy atom. The summed E-state index contributed by atoms with van der Waals surface area (Å²) in [6.07, 6.45) is 2.04. The summed E-state index contributed by atoms with van der Waals surface area (Å²) in [6, 6.07) is 16.4. The number of alkyl carbamates (subject to hydrolysis) is 1. The number of hydrogen-bond acceptors (Lipinski definition) is 5. The number of aliphatic carboxylic acids is 1. The molecule has 2 amide bonds. The van der Waals surface area contributed by atoms with E-state index in [9.17, 15) is 14.4 Å². The SMILES string of the molecule is COCCN(CC(=O)O)C(=O)CC1CCC(NC(=O)OCC2c3ccccc3-c3ccccc32)C1. The number of benzene rings is 2. The maximum Gasteiger partial charge on any atom is 0.407 e. The second-order valence-electron chi connectivity index (χ2n) is 9.25. The number of methoxy groups -OCH3 is 1. The van der Waals surface area contributed by atoms with Crippen LogP contribution in [0.4, 0.5) is 4.79 Å². The molecule has 2 aromatic carbocycles. The molecule has 0 heterocycles. The van der Waals surface area contributed by atoms with Crippen LogP contribution in [0.2, 0.25) is 0 Å². The van der Waals surface area contributed by atoms with E-state index in [1.54, 1.807) is 0 Å². The van der Waals surface area contributed by atoms with Crippen LogP contribution in [-0.2, 0) is 19.1 Å². The lowest BCUT2D eigenvalue weighted by molar-refractivity contribution is -0.145. The molecule has 186 valence electrons. The number of nitrogens with one attached hydrogen (secondary N) is 1. The molecule has 2 unspecified atom stereocenters. The Labute approximate surface area is 205 Å². The number of carbonyl (C=O) groups excluding carboxylic acids is 2. The van der Waals surface area contributed by atoms with Crippen molar-refractivity contribution in [1.29, 1.82) is 0 Å². The topological polar surface area (TPSA) is 105 Å². The third kappa shape index (κ3) is 6.00. The van der Waals surface area contributed by atoms with Crippen LogP contribution in [0.25, 0.3) is 11.1 Å². The normalized spacial score (nSPS) is 18.5. The van der Waals surface area contributed by atoms with Gasteiger partial charge in [-0.05, 0) is 47.4 Å². The molecule has 2 aliphatic carbocycles. The van der Waals surface area contributed by atoms with E-state index in [1.165, 1.54) is 34.3 Å². The first-order chi connectivity index (χ1) is 17.0. The van der Waals surface area contributed by atoms with Gasteiger partial charge in [0, 0.05) is 32.0 Å². The van der Waals surface area contributed by atoms with Gasteiger partial charge in [0.05, 0.1) is 6.61 Å². The maximum atomic E-state index is 12.6. The highest BCUT2D eigenvalue weighted by molar-refractivity contribution is 5.81. The van der Waals surface area contributed by atoms with Crippen LogP contribution in [-0.4, -0.2) is 67.4 Å². The number of carboxylic acid groups (broad SMARTS) is 1. The van der Waals surface area contributed by atoms with Crippen molar-refractivity contribution in [3.05, 3.63) is 59.7 Å². The zero-order valence-corrected chi connectivity index (χ0v) is 19.9. The van der Waals surface area contributed by atoms with Crippen molar-refractivity contribution in [3.63, 3.8) is 0 Å². The van der Waals surface area contributed by atoms with Crippen LogP contribution in [0, 0.1) is 5.92 Å². The van der Waals surface area contributed by atoms with Gasteiger partial charge in [-0.25, -0.2) is 4.79 Å². The fourth-order valence-electron chi connectivity index (χ4n) is 5.23. The highest BCUT2D eigenvalue weighted by Gasteiger charge is 2.31. The predicted octanol–water partition coefficient (Wildman–Crippen LogP) is 3.64. The first kappa shape index (κ1) is 24.7. The van der Waals surface area contributed by atoms with Crippen LogP contribution < -0.4 is 5.32 Å². The lowest BCUT2D eigenvalue weighted by Crippen LogP contribution is -2.39.